The average molecular weight is 307 g/mol. The molecule has 2 aliphatic heterocycles. The summed E-state index contributed by atoms with van der Waals surface area (Å²) in [5.41, 5.74) is 5.61. The SMILES string of the molecule is CCc1cccc2c1[C@@H]1O[C@@H](C=C=CBr)C[C@@H]1O2. The molecule has 3 rings (SSSR count). The van der Waals surface area contributed by atoms with Crippen LogP contribution >= 0.6 is 15.9 Å². The molecule has 0 radical (unpaired) electrons. The summed E-state index contributed by atoms with van der Waals surface area (Å²) in [7, 11) is 0. The molecule has 0 aliphatic carbocycles. The van der Waals surface area contributed by atoms with Crippen molar-refractivity contribution in [2.45, 2.75) is 38.1 Å². The van der Waals surface area contributed by atoms with Crippen molar-refractivity contribution in [1.29, 1.82) is 0 Å². The fourth-order valence-corrected chi connectivity index (χ4v) is 2.94. The molecule has 3 heteroatoms. The van der Waals surface area contributed by atoms with Crippen molar-refractivity contribution >= 4 is 15.9 Å². The molecule has 0 saturated carbocycles. The van der Waals surface area contributed by atoms with Gasteiger partial charge in [0.1, 0.15) is 18.0 Å². The van der Waals surface area contributed by atoms with Crippen LogP contribution in [0.25, 0.3) is 0 Å². The van der Waals surface area contributed by atoms with Crippen LogP contribution in [0.4, 0.5) is 0 Å². The number of benzene rings is 1. The van der Waals surface area contributed by atoms with E-state index in [1.807, 2.05) is 12.1 Å². The normalized spacial score (nSPS) is 28.0. The maximum absolute atomic E-state index is 6.07. The van der Waals surface area contributed by atoms with E-state index in [1.54, 1.807) is 4.99 Å². The number of hydrogen-bond donors (Lipinski definition) is 0. The Morgan fingerprint density at radius 3 is 3.17 bits per heavy atom. The molecule has 1 aromatic carbocycles. The zero-order valence-electron chi connectivity index (χ0n) is 10.2. The van der Waals surface area contributed by atoms with Gasteiger partial charge in [0, 0.05) is 17.0 Å². The van der Waals surface area contributed by atoms with Crippen molar-refractivity contribution in [2.24, 2.45) is 0 Å². The molecular formula is C15H15BrO2. The zero-order chi connectivity index (χ0) is 12.5. The van der Waals surface area contributed by atoms with Crippen LogP contribution in [-0.2, 0) is 11.2 Å². The topological polar surface area (TPSA) is 18.5 Å². The fourth-order valence-electron chi connectivity index (χ4n) is 2.79. The van der Waals surface area contributed by atoms with Gasteiger partial charge in [-0.15, -0.1) is 5.73 Å². The zero-order valence-corrected chi connectivity index (χ0v) is 11.8. The van der Waals surface area contributed by atoms with Crippen molar-refractivity contribution in [3.05, 3.63) is 46.1 Å². The average Bonchev–Trinajstić information content (AvgIpc) is 2.92. The predicted octanol–water partition coefficient (Wildman–Crippen LogP) is 3.90. The first-order valence-electron chi connectivity index (χ1n) is 6.28. The van der Waals surface area contributed by atoms with Gasteiger partial charge in [-0.1, -0.05) is 35.0 Å². The Labute approximate surface area is 115 Å². The number of rotatable bonds is 2. The molecular weight excluding hydrogens is 292 g/mol. The van der Waals surface area contributed by atoms with Crippen LogP contribution in [0, 0.1) is 0 Å². The Balaban J connectivity index is 1.90. The van der Waals surface area contributed by atoms with Crippen molar-refractivity contribution in [3.8, 4) is 5.75 Å². The minimum atomic E-state index is 0.0922. The third-order valence-corrected chi connectivity index (χ3v) is 3.83. The molecule has 1 saturated heterocycles. The molecule has 1 aromatic rings. The molecule has 0 amide bonds. The summed E-state index contributed by atoms with van der Waals surface area (Å²) in [6, 6.07) is 6.26. The molecule has 0 aromatic heterocycles. The van der Waals surface area contributed by atoms with E-state index in [2.05, 4.69) is 40.7 Å². The van der Waals surface area contributed by atoms with Gasteiger partial charge in [0.2, 0.25) is 0 Å². The molecule has 3 atom stereocenters. The van der Waals surface area contributed by atoms with Gasteiger partial charge in [-0.2, -0.15) is 0 Å². The Kier molecular flexibility index (Phi) is 3.29. The highest BCUT2D eigenvalue weighted by Crippen LogP contribution is 2.47. The van der Waals surface area contributed by atoms with Gasteiger partial charge in [-0.05, 0) is 24.1 Å². The molecule has 94 valence electrons. The molecule has 0 N–H and O–H groups in total. The van der Waals surface area contributed by atoms with E-state index >= 15 is 0 Å². The van der Waals surface area contributed by atoms with Gasteiger partial charge >= 0.3 is 0 Å². The smallest absolute Gasteiger partial charge is 0.132 e. The molecule has 2 nitrogen and oxygen atoms in total. The highest BCUT2D eigenvalue weighted by atomic mass is 79.9. The summed E-state index contributed by atoms with van der Waals surface area (Å²) < 4.78 is 12.1. The van der Waals surface area contributed by atoms with Crippen molar-refractivity contribution in [2.75, 3.05) is 0 Å². The quantitative estimate of drug-likeness (QED) is 0.771. The van der Waals surface area contributed by atoms with E-state index in [0.717, 1.165) is 18.6 Å². The van der Waals surface area contributed by atoms with E-state index in [1.165, 1.54) is 11.1 Å². The second kappa shape index (κ2) is 4.93. The number of aryl methyl sites for hydroxylation is 1. The third-order valence-electron chi connectivity index (χ3n) is 3.57. The first-order chi connectivity index (χ1) is 8.83. The van der Waals surface area contributed by atoms with E-state index < -0.39 is 0 Å². The molecule has 0 bridgehead atoms. The predicted molar refractivity (Wildman–Crippen MR) is 74.0 cm³/mol. The maximum atomic E-state index is 6.07. The van der Waals surface area contributed by atoms with Gasteiger partial charge in [0.25, 0.3) is 0 Å². The van der Waals surface area contributed by atoms with Crippen LogP contribution in [0.15, 0.2) is 35.0 Å². The lowest BCUT2D eigenvalue weighted by atomic mass is 9.98. The van der Waals surface area contributed by atoms with Gasteiger partial charge in [0.15, 0.2) is 0 Å². The van der Waals surface area contributed by atoms with E-state index in [0.29, 0.717) is 0 Å². The Hall–Kier alpha value is -1.02. The van der Waals surface area contributed by atoms with E-state index in [-0.39, 0.29) is 18.3 Å². The lowest BCUT2D eigenvalue weighted by molar-refractivity contribution is 0.0519. The van der Waals surface area contributed by atoms with Gasteiger partial charge in [0.05, 0.1) is 6.10 Å². The van der Waals surface area contributed by atoms with Crippen LogP contribution in [-0.4, -0.2) is 12.2 Å². The highest BCUT2D eigenvalue weighted by molar-refractivity contribution is 9.11. The first kappa shape index (κ1) is 12.0. The van der Waals surface area contributed by atoms with Gasteiger partial charge in [-0.3, -0.25) is 0 Å². The molecule has 0 unspecified atom stereocenters. The molecule has 1 fully saturated rings. The monoisotopic (exact) mass is 306 g/mol. The van der Waals surface area contributed by atoms with Gasteiger partial charge < -0.3 is 9.47 Å². The largest absolute Gasteiger partial charge is 0.487 e. The molecule has 18 heavy (non-hydrogen) atoms. The fraction of sp³-hybridized carbons (Fsp3) is 0.400. The van der Waals surface area contributed by atoms with Crippen LogP contribution in [0.3, 0.4) is 0 Å². The minimum absolute atomic E-state index is 0.0922. The first-order valence-corrected chi connectivity index (χ1v) is 7.20. The Bertz CT molecular complexity index is 517. The Morgan fingerprint density at radius 2 is 2.39 bits per heavy atom. The summed E-state index contributed by atoms with van der Waals surface area (Å²) in [6.45, 7) is 2.17. The van der Waals surface area contributed by atoms with Gasteiger partial charge in [-0.25, -0.2) is 0 Å². The van der Waals surface area contributed by atoms with Crippen LogP contribution in [0.5, 0.6) is 5.75 Å². The lowest BCUT2D eigenvalue weighted by Crippen LogP contribution is -2.12. The lowest BCUT2D eigenvalue weighted by Gasteiger charge is -2.11. The second-order valence-electron chi connectivity index (χ2n) is 4.61. The van der Waals surface area contributed by atoms with Crippen molar-refractivity contribution in [3.63, 3.8) is 0 Å². The summed E-state index contributed by atoms with van der Waals surface area (Å²) in [4.78, 5) is 1.72. The van der Waals surface area contributed by atoms with Crippen molar-refractivity contribution in [1.82, 2.24) is 0 Å². The number of hydrogen-bond acceptors (Lipinski definition) is 2. The minimum Gasteiger partial charge on any atom is -0.487 e. The number of fused-ring (bicyclic) bond motifs is 3. The highest BCUT2D eigenvalue weighted by Gasteiger charge is 2.44. The Morgan fingerprint density at radius 1 is 1.50 bits per heavy atom. The second-order valence-corrected chi connectivity index (χ2v) is 5.07. The standard InChI is InChI=1S/C15H15BrO2/c1-2-10-5-3-7-12-14(10)15-13(18-12)9-11(17-15)6-4-8-16/h3,5-8,11,13,15H,2,9H2,1H3/t4?,11-,13-,15+/m0/s1. The van der Waals surface area contributed by atoms with E-state index in [4.69, 9.17) is 9.47 Å². The molecule has 0 spiro atoms. The van der Waals surface area contributed by atoms with E-state index in [9.17, 15) is 0 Å². The molecule has 2 heterocycles. The summed E-state index contributed by atoms with van der Waals surface area (Å²) >= 11 is 3.21. The summed E-state index contributed by atoms with van der Waals surface area (Å²) in [6.07, 6.45) is 4.22. The summed E-state index contributed by atoms with van der Waals surface area (Å²) in [5, 5.41) is 0. The van der Waals surface area contributed by atoms with Crippen LogP contribution in [0.1, 0.15) is 30.6 Å². The van der Waals surface area contributed by atoms with Crippen LogP contribution in [0.2, 0.25) is 0 Å². The third kappa shape index (κ3) is 1.93. The van der Waals surface area contributed by atoms with Crippen LogP contribution < -0.4 is 4.74 Å². The number of ether oxygens (including phenoxy) is 2. The molecule has 2 aliphatic rings. The summed E-state index contributed by atoms with van der Waals surface area (Å²) in [5.74, 6) is 1.00. The maximum Gasteiger partial charge on any atom is 0.132 e. The van der Waals surface area contributed by atoms with Crippen molar-refractivity contribution < 1.29 is 9.47 Å². The number of halogens is 1.